The number of rotatable bonds is 4. The van der Waals surface area contributed by atoms with Crippen molar-refractivity contribution in [3.05, 3.63) is 35.7 Å². The molecule has 0 unspecified atom stereocenters. The number of imidazole rings is 1. The average molecular weight is 400 g/mol. The van der Waals surface area contributed by atoms with Gasteiger partial charge in [-0.05, 0) is 32.8 Å². The number of hydrogen-bond acceptors (Lipinski definition) is 6. The molecule has 3 heterocycles. The molecule has 29 heavy (non-hydrogen) atoms. The Morgan fingerprint density at radius 3 is 2.72 bits per heavy atom. The minimum atomic E-state index is -1.21. The van der Waals surface area contributed by atoms with Crippen LogP contribution >= 0.6 is 0 Å². The van der Waals surface area contributed by atoms with Crippen molar-refractivity contribution in [2.75, 3.05) is 11.9 Å². The lowest BCUT2D eigenvalue weighted by Crippen LogP contribution is -2.19. The van der Waals surface area contributed by atoms with E-state index in [9.17, 15) is 9.90 Å². The minimum absolute atomic E-state index is 0.122. The van der Waals surface area contributed by atoms with Crippen LogP contribution in [-0.2, 0) is 10.3 Å². The van der Waals surface area contributed by atoms with E-state index in [-0.39, 0.29) is 17.3 Å². The molecule has 2 amide bonds. The molecular weight excluding hydrogens is 379 g/mol. The molecule has 2 aromatic heterocycles. The number of halogens is 1. The van der Waals surface area contributed by atoms with Gasteiger partial charge in [0.15, 0.2) is 5.82 Å². The normalized spacial score (nSPS) is 17.0. The number of nitrogens with one attached hydrogen (secondary N) is 2. The molecular formula is C19H21FN6O3. The second kappa shape index (κ2) is 7.05. The third-order valence-corrected chi connectivity index (χ3v) is 4.76. The summed E-state index contributed by atoms with van der Waals surface area (Å²) in [7, 11) is 0. The molecule has 0 bridgehead atoms. The number of benzene rings is 1. The van der Waals surface area contributed by atoms with Crippen LogP contribution < -0.4 is 11.1 Å². The third kappa shape index (κ3) is 3.64. The number of aliphatic hydroxyl groups is 1. The number of carbonyl (C=O) groups is 1. The molecule has 1 aromatic carbocycles. The largest absolute Gasteiger partial charge is 0.382 e. The maximum absolute atomic E-state index is 15.6. The van der Waals surface area contributed by atoms with Crippen LogP contribution in [0.15, 0.2) is 18.5 Å². The van der Waals surface area contributed by atoms with Gasteiger partial charge in [-0.3, -0.25) is 5.32 Å². The van der Waals surface area contributed by atoms with Crippen molar-refractivity contribution < 1.29 is 19.0 Å². The first-order valence-corrected chi connectivity index (χ1v) is 9.19. The van der Waals surface area contributed by atoms with E-state index < -0.39 is 23.6 Å². The van der Waals surface area contributed by atoms with Crippen molar-refractivity contribution in [1.29, 1.82) is 0 Å². The Kier molecular flexibility index (Phi) is 4.67. The fourth-order valence-electron chi connectivity index (χ4n) is 3.43. The zero-order chi connectivity index (χ0) is 20.8. The number of nitrogens with two attached hydrogens (primary N) is 1. The highest BCUT2D eigenvalue weighted by atomic mass is 19.1. The standard InChI is InChI=1S/C19H21FN6O3/c1-19(2,28)16-22-7-9(8-23-16)10-6-11-15(25-18(24-11)26-17(21)27)13(14(10)20)12-4-3-5-29-12/h6-8,12,28H,3-5H2,1-2H3,(H4,21,24,25,26,27)/t12-/m1/s1. The average Bonchev–Trinajstić information content (AvgIpc) is 3.29. The van der Waals surface area contributed by atoms with E-state index in [4.69, 9.17) is 10.5 Å². The Hall–Kier alpha value is -3.11. The van der Waals surface area contributed by atoms with Crippen LogP contribution in [0, 0.1) is 5.82 Å². The predicted molar refractivity (Wildman–Crippen MR) is 103 cm³/mol. The van der Waals surface area contributed by atoms with Gasteiger partial charge >= 0.3 is 6.03 Å². The number of aromatic amines is 1. The van der Waals surface area contributed by atoms with E-state index in [1.165, 1.54) is 12.4 Å². The highest BCUT2D eigenvalue weighted by Crippen LogP contribution is 2.39. The van der Waals surface area contributed by atoms with Crippen molar-refractivity contribution >= 4 is 23.0 Å². The van der Waals surface area contributed by atoms with Crippen molar-refractivity contribution in [2.45, 2.75) is 38.4 Å². The summed E-state index contributed by atoms with van der Waals surface area (Å²) in [6.07, 6.45) is 3.97. The number of hydrogen-bond donors (Lipinski definition) is 4. The Bertz CT molecular complexity index is 1070. The Balaban J connectivity index is 1.87. The number of fused-ring (bicyclic) bond motifs is 1. The van der Waals surface area contributed by atoms with Crippen molar-refractivity contribution in [1.82, 2.24) is 19.9 Å². The fraction of sp³-hybridized carbons (Fsp3) is 0.368. The SMILES string of the molecule is CC(C)(O)c1ncc(-c2cc3nc(NC(N)=O)[nH]c3c([C@H]3CCCO3)c2F)cn1. The topological polar surface area (TPSA) is 139 Å². The fourth-order valence-corrected chi connectivity index (χ4v) is 3.43. The smallest absolute Gasteiger partial charge is 0.318 e. The molecule has 1 aliphatic heterocycles. The number of urea groups is 1. The molecule has 1 aliphatic rings. The molecule has 0 aliphatic carbocycles. The maximum atomic E-state index is 15.6. The molecule has 3 aromatic rings. The number of H-pyrrole nitrogens is 1. The summed E-state index contributed by atoms with van der Waals surface area (Å²) in [6, 6.07) is 0.771. The monoisotopic (exact) mass is 400 g/mol. The zero-order valence-electron chi connectivity index (χ0n) is 16.0. The highest BCUT2D eigenvalue weighted by molar-refractivity contribution is 5.91. The molecule has 152 valence electrons. The van der Waals surface area contributed by atoms with Crippen molar-refractivity contribution in [3.8, 4) is 11.1 Å². The second-order valence-corrected chi connectivity index (χ2v) is 7.48. The number of nitrogens with zero attached hydrogens (tertiary/aromatic N) is 3. The van der Waals surface area contributed by atoms with E-state index in [1.54, 1.807) is 19.9 Å². The molecule has 0 radical (unpaired) electrons. The van der Waals surface area contributed by atoms with Gasteiger partial charge in [-0.25, -0.2) is 24.1 Å². The molecule has 9 nitrogen and oxygen atoms in total. The van der Waals surface area contributed by atoms with Gasteiger partial charge in [-0.2, -0.15) is 0 Å². The van der Waals surface area contributed by atoms with E-state index in [2.05, 4.69) is 25.3 Å². The van der Waals surface area contributed by atoms with Crippen molar-refractivity contribution in [3.63, 3.8) is 0 Å². The van der Waals surface area contributed by atoms with Crippen LogP contribution in [0.2, 0.25) is 0 Å². The van der Waals surface area contributed by atoms with Crippen LogP contribution in [0.1, 0.15) is 44.2 Å². The number of amides is 2. The number of ether oxygens (including phenoxy) is 1. The van der Waals surface area contributed by atoms with Gasteiger partial charge in [0.25, 0.3) is 0 Å². The zero-order valence-corrected chi connectivity index (χ0v) is 16.0. The van der Waals surface area contributed by atoms with Gasteiger partial charge < -0.3 is 20.6 Å². The first kappa shape index (κ1) is 19.2. The van der Waals surface area contributed by atoms with Gasteiger partial charge in [-0.1, -0.05) is 0 Å². The maximum Gasteiger partial charge on any atom is 0.318 e. The van der Waals surface area contributed by atoms with Crippen LogP contribution in [-0.4, -0.2) is 37.7 Å². The Labute approximate surface area is 165 Å². The summed E-state index contributed by atoms with van der Waals surface area (Å²) < 4.78 is 21.3. The number of anilines is 1. The Morgan fingerprint density at radius 2 is 2.14 bits per heavy atom. The lowest BCUT2D eigenvalue weighted by molar-refractivity contribution is 0.0687. The summed E-state index contributed by atoms with van der Waals surface area (Å²) in [5.41, 5.74) is 5.87. The van der Waals surface area contributed by atoms with Crippen molar-refractivity contribution in [2.24, 2.45) is 5.73 Å². The molecule has 10 heteroatoms. The molecule has 4 rings (SSSR count). The van der Waals surface area contributed by atoms with Crippen LogP contribution in [0.3, 0.4) is 0 Å². The third-order valence-electron chi connectivity index (χ3n) is 4.76. The summed E-state index contributed by atoms with van der Waals surface area (Å²) in [5.74, 6) is -0.120. The number of carbonyl (C=O) groups excluding carboxylic acids is 1. The quantitative estimate of drug-likeness (QED) is 0.531. The summed E-state index contributed by atoms with van der Waals surface area (Å²) in [5, 5.41) is 12.4. The lowest BCUT2D eigenvalue weighted by atomic mass is 9.98. The molecule has 5 N–H and O–H groups in total. The second-order valence-electron chi connectivity index (χ2n) is 7.48. The molecule has 0 spiro atoms. The van der Waals surface area contributed by atoms with Gasteiger partial charge in [0.2, 0.25) is 5.95 Å². The summed E-state index contributed by atoms with van der Waals surface area (Å²) >= 11 is 0. The molecule has 1 saturated heterocycles. The number of primary amides is 1. The molecule has 0 saturated carbocycles. The first-order chi connectivity index (χ1) is 13.7. The van der Waals surface area contributed by atoms with E-state index in [0.29, 0.717) is 35.2 Å². The van der Waals surface area contributed by atoms with Crippen LogP contribution in [0.5, 0.6) is 0 Å². The Morgan fingerprint density at radius 1 is 1.41 bits per heavy atom. The van der Waals surface area contributed by atoms with Gasteiger partial charge in [0.1, 0.15) is 11.4 Å². The predicted octanol–water partition coefficient (Wildman–Crippen LogP) is 2.73. The van der Waals surface area contributed by atoms with Crippen LogP contribution in [0.4, 0.5) is 15.1 Å². The number of aromatic nitrogens is 4. The van der Waals surface area contributed by atoms with Gasteiger partial charge in [0.05, 0.1) is 17.1 Å². The molecule has 1 atom stereocenters. The highest BCUT2D eigenvalue weighted by Gasteiger charge is 2.28. The molecule has 1 fully saturated rings. The van der Waals surface area contributed by atoms with Crippen LogP contribution in [0.25, 0.3) is 22.2 Å². The van der Waals surface area contributed by atoms with Gasteiger partial charge in [0, 0.05) is 35.7 Å². The van der Waals surface area contributed by atoms with E-state index in [1.807, 2.05) is 0 Å². The first-order valence-electron chi connectivity index (χ1n) is 9.19. The summed E-state index contributed by atoms with van der Waals surface area (Å²) in [6.45, 7) is 3.68. The summed E-state index contributed by atoms with van der Waals surface area (Å²) in [4.78, 5) is 26.7. The lowest BCUT2D eigenvalue weighted by Gasteiger charge is -2.17. The minimum Gasteiger partial charge on any atom is -0.382 e. The van der Waals surface area contributed by atoms with E-state index in [0.717, 1.165) is 6.42 Å². The van der Waals surface area contributed by atoms with E-state index >= 15 is 4.39 Å². The van der Waals surface area contributed by atoms with Gasteiger partial charge in [-0.15, -0.1) is 0 Å².